The minimum Gasteiger partial charge on any atom is -0.299 e. The summed E-state index contributed by atoms with van der Waals surface area (Å²) in [6.07, 6.45) is 0.646. The quantitative estimate of drug-likeness (QED) is 0.654. The van der Waals surface area contributed by atoms with Gasteiger partial charge in [0, 0.05) is 11.8 Å². The third-order valence-corrected chi connectivity index (χ3v) is 3.42. The molecule has 1 heteroatoms. The number of hydrogen-bond donors (Lipinski definition) is 0. The summed E-state index contributed by atoms with van der Waals surface area (Å²) in [5.41, 5.74) is 0.0152. The lowest BCUT2D eigenvalue weighted by atomic mass is 9.64. The predicted molar refractivity (Wildman–Crippen MR) is 57.7 cm³/mol. The molecule has 13 heavy (non-hydrogen) atoms. The van der Waals surface area contributed by atoms with Gasteiger partial charge in [0.25, 0.3) is 0 Å². The summed E-state index contributed by atoms with van der Waals surface area (Å²) in [7, 11) is 0. The molecule has 0 aliphatic rings. The summed E-state index contributed by atoms with van der Waals surface area (Å²) in [5, 5.41) is 0. The summed E-state index contributed by atoms with van der Waals surface area (Å²) in [5.74, 6) is 0.780. The van der Waals surface area contributed by atoms with Crippen molar-refractivity contribution in [2.24, 2.45) is 16.7 Å². The lowest BCUT2D eigenvalue weighted by Gasteiger charge is -2.39. The molecule has 0 heterocycles. The van der Waals surface area contributed by atoms with Crippen LogP contribution in [0.5, 0.6) is 0 Å². The Morgan fingerprint density at radius 3 is 1.77 bits per heavy atom. The van der Waals surface area contributed by atoms with Crippen LogP contribution < -0.4 is 0 Å². The molecule has 0 radical (unpaired) electrons. The largest absolute Gasteiger partial charge is 0.299 e. The van der Waals surface area contributed by atoms with Crippen molar-refractivity contribution in [3.8, 4) is 0 Å². The Bertz CT molecular complexity index is 184. The molecule has 0 aromatic heterocycles. The molecule has 0 amide bonds. The van der Waals surface area contributed by atoms with Crippen molar-refractivity contribution in [1.82, 2.24) is 0 Å². The fourth-order valence-electron chi connectivity index (χ4n) is 1.78. The normalized spacial score (nSPS) is 15.6. The molecule has 0 aromatic rings. The SMILES string of the molecule is CCC(=O)C(C)(C)C(C)C(C)(C)C. The van der Waals surface area contributed by atoms with E-state index in [0.29, 0.717) is 18.1 Å². The van der Waals surface area contributed by atoms with E-state index < -0.39 is 0 Å². The molecule has 0 aliphatic carbocycles. The first kappa shape index (κ1) is 12.7. The van der Waals surface area contributed by atoms with Gasteiger partial charge in [0.05, 0.1) is 0 Å². The van der Waals surface area contributed by atoms with Gasteiger partial charge in [-0.25, -0.2) is 0 Å². The zero-order valence-electron chi connectivity index (χ0n) is 10.2. The molecule has 0 bridgehead atoms. The number of rotatable bonds is 3. The fraction of sp³-hybridized carbons (Fsp3) is 0.917. The standard InChI is InChI=1S/C12H24O/c1-8-10(13)12(6,7)9(2)11(3,4)5/h9H,8H2,1-7H3. The maximum Gasteiger partial charge on any atom is 0.138 e. The zero-order valence-corrected chi connectivity index (χ0v) is 10.2. The molecule has 0 aliphatic heterocycles. The molecule has 0 aromatic carbocycles. The van der Waals surface area contributed by atoms with Crippen molar-refractivity contribution in [3.05, 3.63) is 0 Å². The monoisotopic (exact) mass is 184 g/mol. The van der Waals surface area contributed by atoms with Crippen LogP contribution in [-0.4, -0.2) is 5.78 Å². The van der Waals surface area contributed by atoms with Crippen LogP contribution in [-0.2, 0) is 4.79 Å². The Balaban J connectivity index is 4.74. The average molecular weight is 184 g/mol. The summed E-state index contributed by atoms with van der Waals surface area (Å²) in [6.45, 7) is 14.8. The van der Waals surface area contributed by atoms with Crippen LogP contribution in [0.15, 0.2) is 0 Å². The summed E-state index contributed by atoms with van der Waals surface area (Å²) in [4.78, 5) is 11.7. The molecule has 78 valence electrons. The molecule has 0 saturated carbocycles. The van der Waals surface area contributed by atoms with Gasteiger partial charge in [-0.3, -0.25) is 4.79 Å². The Kier molecular flexibility index (Phi) is 3.71. The number of carbonyl (C=O) groups excluding carboxylic acids is 1. The highest BCUT2D eigenvalue weighted by atomic mass is 16.1. The molecular formula is C12H24O. The van der Waals surface area contributed by atoms with Crippen LogP contribution >= 0.6 is 0 Å². The van der Waals surface area contributed by atoms with Crippen molar-refractivity contribution in [2.45, 2.75) is 54.9 Å². The maximum absolute atomic E-state index is 11.7. The Labute approximate surface area is 82.9 Å². The van der Waals surface area contributed by atoms with Crippen molar-refractivity contribution in [1.29, 1.82) is 0 Å². The third kappa shape index (κ3) is 2.82. The molecule has 0 saturated heterocycles. The minimum absolute atomic E-state index is 0.187. The van der Waals surface area contributed by atoms with Crippen molar-refractivity contribution in [3.63, 3.8) is 0 Å². The second-order valence-electron chi connectivity index (χ2n) is 5.59. The van der Waals surface area contributed by atoms with Gasteiger partial charge in [0.1, 0.15) is 5.78 Å². The van der Waals surface area contributed by atoms with Crippen molar-refractivity contribution < 1.29 is 4.79 Å². The Morgan fingerprint density at radius 1 is 1.15 bits per heavy atom. The lowest BCUT2D eigenvalue weighted by molar-refractivity contribution is -0.131. The van der Waals surface area contributed by atoms with Gasteiger partial charge < -0.3 is 0 Å². The number of carbonyl (C=O) groups is 1. The molecule has 0 fully saturated rings. The van der Waals surface area contributed by atoms with Gasteiger partial charge in [-0.1, -0.05) is 48.5 Å². The number of hydrogen-bond acceptors (Lipinski definition) is 1. The van der Waals surface area contributed by atoms with E-state index in [-0.39, 0.29) is 10.8 Å². The molecule has 0 rings (SSSR count). The predicted octanol–water partition coefficient (Wildman–Crippen LogP) is 3.67. The molecule has 0 N–H and O–H groups in total. The zero-order chi connectivity index (χ0) is 10.9. The molecule has 1 nitrogen and oxygen atoms in total. The molecule has 1 unspecified atom stereocenters. The van der Waals surface area contributed by atoms with Crippen LogP contribution in [0.4, 0.5) is 0 Å². The topological polar surface area (TPSA) is 17.1 Å². The number of ketones is 1. The van der Waals surface area contributed by atoms with Gasteiger partial charge in [-0.2, -0.15) is 0 Å². The first-order valence-electron chi connectivity index (χ1n) is 5.17. The van der Waals surface area contributed by atoms with E-state index in [4.69, 9.17) is 0 Å². The maximum atomic E-state index is 11.7. The molecule has 0 spiro atoms. The van der Waals surface area contributed by atoms with Gasteiger partial charge in [0.15, 0.2) is 0 Å². The van der Waals surface area contributed by atoms with Gasteiger partial charge in [-0.05, 0) is 11.3 Å². The smallest absolute Gasteiger partial charge is 0.138 e. The lowest BCUT2D eigenvalue weighted by Crippen LogP contribution is -2.38. The van der Waals surface area contributed by atoms with E-state index in [2.05, 4.69) is 41.5 Å². The molecule has 1 atom stereocenters. The Morgan fingerprint density at radius 2 is 1.54 bits per heavy atom. The van der Waals surface area contributed by atoms with Gasteiger partial charge in [-0.15, -0.1) is 0 Å². The average Bonchev–Trinajstić information content (AvgIpc) is 1.99. The van der Waals surface area contributed by atoms with Crippen LogP contribution in [0.25, 0.3) is 0 Å². The minimum atomic E-state index is -0.187. The van der Waals surface area contributed by atoms with Crippen LogP contribution in [0.3, 0.4) is 0 Å². The van der Waals surface area contributed by atoms with Gasteiger partial charge >= 0.3 is 0 Å². The van der Waals surface area contributed by atoms with E-state index >= 15 is 0 Å². The van der Waals surface area contributed by atoms with Crippen LogP contribution in [0.2, 0.25) is 0 Å². The highest BCUT2D eigenvalue weighted by Crippen LogP contribution is 2.40. The Hall–Kier alpha value is -0.330. The first-order valence-corrected chi connectivity index (χ1v) is 5.17. The van der Waals surface area contributed by atoms with Gasteiger partial charge in [0.2, 0.25) is 0 Å². The van der Waals surface area contributed by atoms with Crippen LogP contribution in [0, 0.1) is 16.7 Å². The van der Waals surface area contributed by atoms with E-state index in [1.54, 1.807) is 0 Å². The fourth-order valence-corrected chi connectivity index (χ4v) is 1.78. The molecular weight excluding hydrogens is 160 g/mol. The first-order chi connectivity index (χ1) is 5.64. The van der Waals surface area contributed by atoms with Crippen LogP contribution in [0.1, 0.15) is 54.9 Å². The van der Waals surface area contributed by atoms with Crippen molar-refractivity contribution >= 4 is 5.78 Å². The summed E-state index contributed by atoms with van der Waals surface area (Å²) < 4.78 is 0. The second-order valence-corrected chi connectivity index (χ2v) is 5.59. The summed E-state index contributed by atoms with van der Waals surface area (Å²) in [6, 6.07) is 0. The van der Waals surface area contributed by atoms with E-state index in [1.165, 1.54) is 0 Å². The third-order valence-electron chi connectivity index (χ3n) is 3.42. The summed E-state index contributed by atoms with van der Waals surface area (Å²) >= 11 is 0. The van der Waals surface area contributed by atoms with E-state index in [0.717, 1.165) is 0 Å². The number of Topliss-reactive ketones (excluding diaryl/α,β-unsaturated/α-hetero) is 1. The van der Waals surface area contributed by atoms with Crippen molar-refractivity contribution in [2.75, 3.05) is 0 Å². The van der Waals surface area contributed by atoms with E-state index in [1.807, 2.05) is 6.92 Å². The highest BCUT2D eigenvalue weighted by molar-refractivity contribution is 5.84. The highest BCUT2D eigenvalue weighted by Gasteiger charge is 2.38. The second kappa shape index (κ2) is 3.81. The van der Waals surface area contributed by atoms with E-state index in [9.17, 15) is 4.79 Å².